The molecular formula is C21H22Cl2N4O2S. The van der Waals surface area contributed by atoms with E-state index in [-0.39, 0.29) is 17.8 Å². The molecule has 0 aliphatic carbocycles. The lowest BCUT2D eigenvalue weighted by Gasteiger charge is -2.15. The summed E-state index contributed by atoms with van der Waals surface area (Å²) in [6, 6.07) is 12.8. The molecule has 1 amide bonds. The zero-order chi connectivity index (χ0) is 21.7. The first-order valence-corrected chi connectivity index (χ1v) is 11.2. The molecule has 30 heavy (non-hydrogen) atoms. The van der Waals surface area contributed by atoms with Gasteiger partial charge in [0.1, 0.15) is 5.75 Å². The Bertz CT molecular complexity index is 1020. The van der Waals surface area contributed by atoms with E-state index in [1.54, 1.807) is 18.2 Å². The van der Waals surface area contributed by atoms with E-state index in [1.807, 2.05) is 49.6 Å². The maximum Gasteiger partial charge on any atom is 0.234 e. The van der Waals surface area contributed by atoms with Crippen molar-refractivity contribution >= 4 is 46.6 Å². The van der Waals surface area contributed by atoms with E-state index in [0.29, 0.717) is 33.3 Å². The quantitative estimate of drug-likeness (QED) is 0.427. The molecule has 0 spiro atoms. The summed E-state index contributed by atoms with van der Waals surface area (Å²) in [5.74, 6) is 1.43. The first-order chi connectivity index (χ1) is 14.4. The van der Waals surface area contributed by atoms with E-state index in [2.05, 4.69) is 15.5 Å². The second kappa shape index (κ2) is 10.2. The normalized spacial score (nSPS) is 11.9. The van der Waals surface area contributed by atoms with Gasteiger partial charge in [-0.1, -0.05) is 52.7 Å². The van der Waals surface area contributed by atoms with Crippen LogP contribution in [0.4, 0.5) is 5.69 Å². The molecule has 9 heteroatoms. The summed E-state index contributed by atoms with van der Waals surface area (Å²) in [5, 5.41) is 12.9. The molecule has 2 aromatic carbocycles. The average Bonchev–Trinajstić information content (AvgIpc) is 3.14. The molecule has 3 rings (SSSR count). The number of halogens is 2. The number of rotatable bonds is 8. The van der Waals surface area contributed by atoms with E-state index in [9.17, 15) is 4.79 Å². The Morgan fingerprint density at radius 2 is 1.93 bits per heavy atom. The molecule has 1 atom stereocenters. The van der Waals surface area contributed by atoms with Gasteiger partial charge in [0.25, 0.3) is 0 Å². The van der Waals surface area contributed by atoms with Crippen LogP contribution in [0.1, 0.15) is 31.3 Å². The van der Waals surface area contributed by atoms with Gasteiger partial charge in [-0.25, -0.2) is 0 Å². The number of carbonyl (C=O) groups is 1. The summed E-state index contributed by atoms with van der Waals surface area (Å²) >= 11 is 13.4. The van der Waals surface area contributed by atoms with Gasteiger partial charge in [-0.3, -0.25) is 4.79 Å². The largest absolute Gasteiger partial charge is 0.483 e. The smallest absolute Gasteiger partial charge is 0.234 e. The minimum Gasteiger partial charge on any atom is -0.483 e. The summed E-state index contributed by atoms with van der Waals surface area (Å²) < 4.78 is 7.95. The number of thioether (sulfide) groups is 1. The monoisotopic (exact) mass is 464 g/mol. The Hall–Kier alpha value is -2.22. The molecule has 1 heterocycles. The number of ether oxygens (including phenoxy) is 1. The molecule has 6 nitrogen and oxygen atoms in total. The number of benzene rings is 2. The van der Waals surface area contributed by atoms with Gasteiger partial charge < -0.3 is 14.6 Å². The second-order valence-corrected chi connectivity index (χ2v) is 8.41. The molecule has 1 aromatic heterocycles. The molecule has 1 unspecified atom stereocenters. The molecule has 1 N–H and O–H groups in total. The first-order valence-electron chi connectivity index (χ1n) is 9.41. The summed E-state index contributed by atoms with van der Waals surface area (Å²) in [7, 11) is 0. The minimum atomic E-state index is -0.284. The number of amides is 1. The van der Waals surface area contributed by atoms with E-state index in [1.165, 1.54) is 17.3 Å². The van der Waals surface area contributed by atoms with Gasteiger partial charge in [-0.2, -0.15) is 0 Å². The Morgan fingerprint density at radius 1 is 1.20 bits per heavy atom. The lowest BCUT2D eigenvalue weighted by molar-refractivity contribution is -0.113. The van der Waals surface area contributed by atoms with E-state index in [4.69, 9.17) is 27.9 Å². The summed E-state index contributed by atoms with van der Waals surface area (Å²) in [6.45, 7) is 6.62. The van der Waals surface area contributed by atoms with Crippen LogP contribution in [0, 0.1) is 6.92 Å². The van der Waals surface area contributed by atoms with Crippen molar-refractivity contribution in [1.29, 1.82) is 0 Å². The van der Waals surface area contributed by atoms with Crippen LogP contribution in [0.3, 0.4) is 0 Å². The molecule has 158 valence electrons. The average molecular weight is 465 g/mol. The number of anilines is 1. The number of hydrogen-bond acceptors (Lipinski definition) is 5. The molecule has 0 aliphatic heterocycles. The zero-order valence-corrected chi connectivity index (χ0v) is 19.2. The maximum absolute atomic E-state index is 12.3. The van der Waals surface area contributed by atoms with E-state index < -0.39 is 0 Å². The van der Waals surface area contributed by atoms with Crippen molar-refractivity contribution in [3.8, 4) is 5.75 Å². The number of carbonyl (C=O) groups excluding carboxylic acids is 1. The van der Waals surface area contributed by atoms with Gasteiger partial charge in [0.05, 0.1) is 16.5 Å². The first kappa shape index (κ1) is 22.5. The highest BCUT2D eigenvalue weighted by atomic mass is 35.5. The van der Waals surface area contributed by atoms with Crippen LogP contribution in [0.5, 0.6) is 5.75 Å². The Balaban J connectivity index is 1.64. The van der Waals surface area contributed by atoms with Crippen molar-refractivity contribution in [2.75, 3.05) is 11.1 Å². The van der Waals surface area contributed by atoms with Crippen LogP contribution in [-0.2, 0) is 11.3 Å². The van der Waals surface area contributed by atoms with Crippen molar-refractivity contribution in [3.05, 3.63) is 63.9 Å². The van der Waals surface area contributed by atoms with Gasteiger partial charge in [0.15, 0.2) is 17.1 Å². The third-order valence-corrected chi connectivity index (χ3v) is 5.83. The maximum atomic E-state index is 12.3. The highest BCUT2D eigenvalue weighted by Crippen LogP contribution is 2.27. The van der Waals surface area contributed by atoms with Crippen molar-refractivity contribution in [1.82, 2.24) is 14.8 Å². The summed E-state index contributed by atoms with van der Waals surface area (Å²) in [5.41, 5.74) is 1.65. The third-order valence-electron chi connectivity index (χ3n) is 4.29. The van der Waals surface area contributed by atoms with Gasteiger partial charge in [0.2, 0.25) is 5.91 Å². The minimum absolute atomic E-state index is 0.161. The van der Waals surface area contributed by atoms with Gasteiger partial charge in [-0.05, 0) is 51.1 Å². The SMILES string of the molecule is CCn1c(SCC(=O)Nc2cc(Cl)ccc2Cl)nnc1C(C)Oc1ccc(C)cc1. The van der Waals surface area contributed by atoms with Crippen LogP contribution >= 0.6 is 35.0 Å². The summed E-state index contributed by atoms with van der Waals surface area (Å²) in [6.07, 6.45) is -0.284. The van der Waals surface area contributed by atoms with Crippen molar-refractivity contribution in [3.63, 3.8) is 0 Å². The molecular weight excluding hydrogens is 443 g/mol. The number of nitrogens with one attached hydrogen (secondary N) is 1. The molecule has 0 saturated carbocycles. The molecule has 3 aromatic rings. The molecule has 0 saturated heterocycles. The molecule has 0 bridgehead atoms. The highest BCUT2D eigenvalue weighted by Gasteiger charge is 2.19. The van der Waals surface area contributed by atoms with E-state index in [0.717, 1.165) is 5.75 Å². The highest BCUT2D eigenvalue weighted by molar-refractivity contribution is 7.99. The van der Waals surface area contributed by atoms with Crippen molar-refractivity contribution < 1.29 is 9.53 Å². The standard InChI is InChI=1S/C21H22Cl2N4O2S/c1-4-27-20(14(3)29-16-8-5-13(2)6-9-16)25-26-21(27)30-12-19(28)24-18-11-15(22)7-10-17(18)23/h5-11,14H,4,12H2,1-3H3,(H,24,28). The van der Waals surface area contributed by atoms with Gasteiger partial charge >= 0.3 is 0 Å². The lowest BCUT2D eigenvalue weighted by Crippen LogP contribution is -2.15. The van der Waals surface area contributed by atoms with Gasteiger partial charge in [0, 0.05) is 11.6 Å². The van der Waals surface area contributed by atoms with E-state index >= 15 is 0 Å². The lowest BCUT2D eigenvalue weighted by atomic mass is 10.2. The van der Waals surface area contributed by atoms with Gasteiger partial charge in [-0.15, -0.1) is 10.2 Å². The second-order valence-electron chi connectivity index (χ2n) is 6.62. The fourth-order valence-corrected chi connectivity index (χ4v) is 3.93. The van der Waals surface area contributed by atoms with Crippen LogP contribution in [0.15, 0.2) is 47.6 Å². The summed E-state index contributed by atoms with van der Waals surface area (Å²) in [4.78, 5) is 12.3. The van der Waals surface area contributed by atoms with Crippen LogP contribution in [0.2, 0.25) is 10.0 Å². The number of nitrogens with zero attached hydrogens (tertiary/aromatic N) is 3. The number of aryl methyl sites for hydroxylation is 1. The number of hydrogen-bond donors (Lipinski definition) is 1. The Kier molecular flexibility index (Phi) is 7.64. The topological polar surface area (TPSA) is 69.0 Å². The Morgan fingerprint density at radius 3 is 2.63 bits per heavy atom. The van der Waals surface area contributed by atoms with Crippen LogP contribution in [-0.4, -0.2) is 26.4 Å². The Labute approximate surface area is 189 Å². The fraction of sp³-hybridized carbons (Fsp3) is 0.286. The predicted molar refractivity (Wildman–Crippen MR) is 122 cm³/mol. The zero-order valence-electron chi connectivity index (χ0n) is 16.9. The predicted octanol–water partition coefficient (Wildman–Crippen LogP) is 5.78. The van der Waals surface area contributed by atoms with Crippen LogP contribution in [0.25, 0.3) is 0 Å². The third kappa shape index (κ3) is 5.68. The molecule has 0 fully saturated rings. The molecule has 0 aliphatic rings. The van der Waals surface area contributed by atoms with Crippen molar-refractivity contribution in [2.24, 2.45) is 0 Å². The molecule has 0 radical (unpaired) electrons. The number of aromatic nitrogens is 3. The fourth-order valence-electron chi connectivity index (χ4n) is 2.79. The van der Waals surface area contributed by atoms with Crippen molar-refractivity contribution in [2.45, 2.75) is 38.6 Å². The van der Waals surface area contributed by atoms with Crippen LogP contribution < -0.4 is 10.1 Å².